The lowest BCUT2D eigenvalue weighted by atomic mass is 9.94. The Labute approximate surface area is 134 Å². The zero-order chi connectivity index (χ0) is 16.8. The fourth-order valence-corrected chi connectivity index (χ4v) is 2.82. The van der Waals surface area contributed by atoms with E-state index in [-0.39, 0.29) is 11.7 Å². The molecule has 6 heteroatoms. The number of nitrogen functional groups attached to an aromatic ring is 1. The number of hydrogen-bond donors (Lipinski definition) is 1. The minimum Gasteiger partial charge on any atom is -0.383 e. The van der Waals surface area contributed by atoms with Crippen molar-refractivity contribution in [2.24, 2.45) is 5.41 Å². The first-order chi connectivity index (χ1) is 10.8. The summed E-state index contributed by atoms with van der Waals surface area (Å²) in [5.41, 5.74) is 7.21. The molecule has 0 bridgehead atoms. The number of fused-ring (bicyclic) bond motifs is 1. The van der Waals surface area contributed by atoms with Crippen LogP contribution in [-0.2, 0) is 17.9 Å². The highest BCUT2D eigenvalue weighted by Crippen LogP contribution is 2.30. The van der Waals surface area contributed by atoms with E-state index in [9.17, 15) is 9.18 Å². The smallest absolute Gasteiger partial charge is 0.228 e. The van der Waals surface area contributed by atoms with Gasteiger partial charge in [0.15, 0.2) is 0 Å². The summed E-state index contributed by atoms with van der Waals surface area (Å²) in [5.74, 6) is 1.15. The second-order valence-corrected chi connectivity index (χ2v) is 6.90. The number of nitrogens with two attached hydrogens (primary N) is 1. The summed E-state index contributed by atoms with van der Waals surface area (Å²) in [6.45, 7) is 7.42. The number of amides is 1. The number of anilines is 1. The van der Waals surface area contributed by atoms with Gasteiger partial charge in [0.1, 0.15) is 23.2 Å². The quantitative estimate of drug-likeness (QED) is 0.879. The van der Waals surface area contributed by atoms with Gasteiger partial charge in [-0.1, -0.05) is 20.8 Å². The first kappa shape index (κ1) is 15.5. The van der Waals surface area contributed by atoms with Crippen molar-refractivity contribution in [3.63, 3.8) is 0 Å². The summed E-state index contributed by atoms with van der Waals surface area (Å²) in [5, 5.41) is 0. The van der Waals surface area contributed by atoms with Crippen molar-refractivity contribution in [1.82, 2.24) is 14.5 Å². The molecule has 2 N–H and O–H groups in total. The molecule has 0 aliphatic carbocycles. The van der Waals surface area contributed by atoms with E-state index in [0.717, 1.165) is 11.4 Å². The van der Waals surface area contributed by atoms with Crippen molar-refractivity contribution in [3.8, 4) is 11.3 Å². The second-order valence-electron chi connectivity index (χ2n) is 6.90. The fraction of sp³-hybridized carbons (Fsp3) is 0.412. The molecule has 0 atom stereocenters. The number of halogens is 1. The molecule has 0 saturated heterocycles. The van der Waals surface area contributed by atoms with E-state index in [1.807, 2.05) is 30.2 Å². The van der Waals surface area contributed by atoms with E-state index in [1.54, 1.807) is 12.1 Å². The van der Waals surface area contributed by atoms with Crippen LogP contribution in [0.2, 0.25) is 0 Å². The third kappa shape index (κ3) is 2.81. The summed E-state index contributed by atoms with van der Waals surface area (Å²) >= 11 is 0. The Balaban J connectivity index is 1.92. The Hall–Kier alpha value is -2.37. The molecule has 1 aliphatic rings. The SMILES string of the molecule is CC(C)(C)C(=O)N1CCn2c(nc(-c3ccc(F)cc3)c2N)C1. The van der Waals surface area contributed by atoms with Gasteiger partial charge in [0.05, 0.1) is 6.54 Å². The first-order valence-corrected chi connectivity index (χ1v) is 7.67. The maximum absolute atomic E-state index is 13.1. The highest BCUT2D eigenvalue weighted by molar-refractivity contribution is 5.81. The fourth-order valence-electron chi connectivity index (χ4n) is 2.82. The molecule has 2 aromatic rings. The summed E-state index contributed by atoms with van der Waals surface area (Å²) < 4.78 is 15.0. The molecule has 0 radical (unpaired) electrons. The Morgan fingerprint density at radius 2 is 1.87 bits per heavy atom. The molecule has 0 saturated carbocycles. The van der Waals surface area contributed by atoms with Gasteiger partial charge in [-0.2, -0.15) is 0 Å². The summed E-state index contributed by atoms with van der Waals surface area (Å²) in [4.78, 5) is 18.8. The number of imidazole rings is 1. The monoisotopic (exact) mass is 316 g/mol. The maximum Gasteiger partial charge on any atom is 0.228 e. The van der Waals surface area contributed by atoms with E-state index in [4.69, 9.17) is 5.73 Å². The largest absolute Gasteiger partial charge is 0.383 e. The number of carbonyl (C=O) groups excluding carboxylic acids is 1. The zero-order valence-electron chi connectivity index (χ0n) is 13.6. The number of benzene rings is 1. The average Bonchev–Trinajstić information content (AvgIpc) is 2.83. The Morgan fingerprint density at radius 3 is 2.48 bits per heavy atom. The molecule has 1 aliphatic heterocycles. The molecule has 2 heterocycles. The lowest BCUT2D eigenvalue weighted by molar-refractivity contribution is -0.141. The lowest BCUT2D eigenvalue weighted by Crippen LogP contribution is -2.44. The van der Waals surface area contributed by atoms with Gasteiger partial charge in [0.2, 0.25) is 5.91 Å². The Bertz CT molecular complexity index is 743. The van der Waals surface area contributed by atoms with Crippen LogP contribution >= 0.6 is 0 Å². The molecule has 3 rings (SSSR count). The number of hydrogen-bond acceptors (Lipinski definition) is 3. The van der Waals surface area contributed by atoms with Crippen molar-refractivity contribution >= 4 is 11.7 Å². The minimum absolute atomic E-state index is 0.105. The summed E-state index contributed by atoms with van der Waals surface area (Å²) in [7, 11) is 0. The molecule has 1 aromatic heterocycles. The molecular formula is C17H21FN4O. The third-order valence-electron chi connectivity index (χ3n) is 4.06. The van der Waals surface area contributed by atoms with Crippen LogP contribution in [0.3, 0.4) is 0 Å². The van der Waals surface area contributed by atoms with Gasteiger partial charge < -0.3 is 15.2 Å². The van der Waals surface area contributed by atoms with Gasteiger partial charge in [-0.05, 0) is 24.3 Å². The Kier molecular flexibility index (Phi) is 3.62. The molecule has 0 spiro atoms. The van der Waals surface area contributed by atoms with Gasteiger partial charge in [-0.15, -0.1) is 0 Å². The van der Waals surface area contributed by atoms with Crippen molar-refractivity contribution in [3.05, 3.63) is 35.9 Å². The molecule has 1 amide bonds. The average molecular weight is 316 g/mol. The standard InChI is InChI=1S/C17H21FN4O/c1-17(2,3)16(23)21-8-9-22-13(10-21)20-14(15(22)19)11-4-6-12(18)7-5-11/h4-7H,8-10,19H2,1-3H3. The lowest BCUT2D eigenvalue weighted by Gasteiger charge is -2.32. The molecule has 23 heavy (non-hydrogen) atoms. The normalized spacial score (nSPS) is 14.7. The predicted octanol–water partition coefficient (Wildman–Crippen LogP) is 2.66. The predicted molar refractivity (Wildman–Crippen MR) is 86.9 cm³/mol. The Morgan fingerprint density at radius 1 is 1.22 bits per heavy atom. The van der Waals surface area contributed by atoms with Crippen molar-refractivity contribution in [2.75, 3.05) is 12.3 Å². The van der Waals surface area contributed by atoms with E-state index < -0.39 is 5.41 Å². The molecule has 0 unspecified atom stereocenters. The molecular weight excluding hydrogens is 295 g/mol. The van der Waals surface area contributed by atoms with Crippen LogP contribution in [0.1, 0.15) is 26.6 Å². The maximum atomic E-state index is 13.1. The third-order valence-corrected chi connectivity index (χ3v) is 4.06. The van der Waals surface area contributed by atoms with Gasteiger partial charge in [-0.3, -0.25) is 4.79 Å². The van der Waals surface area contributed by atoms with Crippen molar-refractivity contribution in [1.29, 1.82) is 0 Å². The minimum atomic E-state index is -0.417. The number of rotatable bonds is 1. The van der Waals surface area contributed by atoms with Crippen LogP contribution in [0.5, 0.6) is 0 Å². The second kappa shape index (κ2) is 5.37. The molecule has 1 aromatic carbocycles. The number of nitrogens with zero attached hydrogens (tertiary/aromatic N) is 3. The van der Waals surface area contributed by atoms with E-state index in [0.29, 0.717) is 31.1 Å². The van der Waals surface area contributed by atoms with Gasteiger partial charge in [-0.25, -0.2) is 9.37 Å². The van der Waals surface area contributed by atoms with Crippen LogP contribution in [0.4, 0.5) is 10.2 Å². The summed E-state index contributed by atoms with van der Waals surface area (Å²) in [6, 6.07) is 6.11. The zero-order valence-corrected chi connectivity index (χ0v) is 13.6. The van der Waals surface area contributed by atoms with Crippen LogP contribution in [0.25, 0.3) is 11.3 Å². The number of aromatic nitrogens is 2. The summed E-state index contributed by atoms with van der Waals surface area (Å²) in [6.07, 6.45) is 0. The first-order valence-electron chi connectivity index (χ1n) is 7.67. The molecule has 122 valence electrons. The molecule has 0 fully saturated rings. The van der Waals surface area contributed by atoms with Gasteiger partial charge >= 0.3 is 0 Å². The highest BCUT2D eigenvalue weighted by atomic mass is 19.1. The van der Waals surface area contributed by atoms with Gasteiger partial charge in [0.25, 0.3) is 0 Å². The van der Waals surface area contributed by atoms with E-state index in [1.165, 1.54) is 12.1 Å². The molecule has 5 nitrogen and oxygen atoms in total. The van der Waals surface area contributed by atoms with E-state index in [2.05, 4.69) is 4.98 Å². The van der Waals surface area contributed by atoms with Crippen LogP contribution in [-0.4, -0.2) is 26.9 Å². The number of carbonyl (C=O) groups is 1. The van der Waals surface area contributed by atoms with Crippen LogP contribution in [0, 0.1) is 11.2 Å². The van der Waals surface area contributed by atoms with Crippen LogP contribution < -0.4 is 5.73 Å². The van der Waals surface area contributed by atoms with E-state index >= 15 is 0 Å². The van der Waals surface area contributed by atoms with Crippen molar-refractivity contribution < 1.29 is 9.18 Å². The topological polar surface area (TPSA) is 64.2 Å². The highest BCUT2D eigenvalue weighted by Gasteiger charge is 2.31. The van der Waals surface area contributed by atoms with Crippen LogP contribution in [0.15, 0.2) is 24.3 Å². The van der Waals surface area contributed by atoms with Crippen molar-refractivity contribution in [2.45, 2.75) is 33.9 Å². The van der Waals surface area contributed by atoms with Gasteiger partial charge in [0, 0.05) is 24.1 Å².